The Morgan fingerprint density at radius 1 is 1.26 bits per heavy atom. The Morgan fingerprint density at radius 2 is 2.15 bits per heavy atom. The van der Waals surface area contributed by atoms with Crippen LogP contribution in [0.5, 0.6) is 0 Å². The molecule has 0 aromatic carbocycles. The summed E-state index contributed by atoms with van der Waals surface area (Å²) in [5.41, 5.74) is 3.65. The van der Waals surface area contributed by atoms with Gasteiger partial charge in [-0.1, -0.05) is 6.07 Å². The Balaban J connectivity index is 1.56. The van der Waals surface area contributed by atoms with Crippen LogP contribution in [0.2, 0.25) is 0 Å². The van der Waals surface area contributed by atoms with Gasteiger partial charge in [0.25, 0.3) is 5.91 Å². The number of aliphatic hydroxyl groups is 1. The van der Waals surface area contributed by atoms with Crippen molar-refractivity contribution in [1.29, 1.82) is 0 Å². The number of aromatic nitrogens is 6. The Morgan fingerprint density at radius 3 is 2.91 bits per heavy atom. The molecular weight excluding hydrogens is 436 g/mol. The number of carbonyl (C=O) groups is 1. The Labute approximate surface area is 195 Å². The number of ether oxygens (including phenoxy) is 1. The normalized spacial score (nSPS) is 19.9. The zero-order chi connectivity index (χ0) is 23.7. The van der Waals surface area contributed by atoms with E-state index in [1.807, 2.05) is 31.2 Å². The number of aryl methyl sites for hydroxylation is 1. The summed E-state index contributed by atoms with van der Waals surface area (Å²) in [6.07, 6.45) is 4.51. The Kier molecular flexibility index (Phi) is 5.86. The summed E-state index contributed by atoms with van der Waals surface area (Å²) < 4.78 is 7.59. The van der Waals surface area contributed by atoms with Gasteiger partial charge in [-0.05, 0) is 30.7 Å². The van der Waals surface area contributed by atoms with E-state index in [0.717, 1.165) is 16.8 Å². The molecule has 4 aromatic rings. The Hall–Kier alpha value is -3.96. The fourth-order valence-electron chi connectivity index (χ4n) is 3.94. The minimum absolute atomic E-state index is 0.228. The molecule has 11 nitrogen and oxygen atoms in total. The lowest BCUT2D eigenvalue weighted by atomic mass is 10.1. The maximum absolute atomic E-state index is 12.1. The number of anilines is 1. The summed E-state index contributed by atoms with van der Waals surface area (Å²) in [5.74, 6) is 0.626. The first-order chi connectivity index (χ1) is 16.5. The summed E-state index contributed by atoms with van der Waals surface area (Å²) in [7, 11) is 1.51. The van der Waals surface area contributed by atoms with Gasteiger partial charge in [0.15, 0.2) is 28.9 Å². The lowest BCUT2D eigenvalue weighted by Crippen LogP contribution is -2.38. The van der Waals surface area contributed by atoms with Crippen LogP contribution in [0.15, 0.2) is 49.2 Å². The van der Waals surface area contributed by atoms with Gasteiger partial charge in [0.05, 0.1) is 24.7 Å². The van der Waals surface area contributed by atoms with Crippen molar-refractivity contribution >= 4 is 22.9 Å². The number of rotatable bonds is 6. The standard InChI is InChI=1S/C23H24N8O3/c1-13-7-14(10-25-9-13)20-29-21(27-11-15-5-3-4-6-26-15)18-22(30-20)31(12-28-18)17-8-16(32)19(34-17)23(33)24-2/h3-7,9-10,12,16-17,19,32H,8,11H2,1-2H3,(H,24,33)(H,27,29,30)/t16-,17+,19-/m0/s1. The van der Waals surface area contributed by atoms with Crippen LogP contribution >= 0.6 is 0 Å². The second kappa shape index (κ2) is 9.12. The lowest BCUT2D eigenvalue weighted by molar-refractivity contribution is -0.137. The van der Waals surface area contributed by atoms with Gasteiger partial charge in [0, 0.05) is 37.6 Å². The quantitative estimate of drug-likeness (QED) is 0.391. The van der Waals surface area contributed by atoms with Crippen LogP contribution < -0.4 is 10.6 Å². The number of fused-ring (bicyclic) bond motifs is 1. The van der Waals surface area contributed by atoms with Crippen molar-refractivity contribution in [2.24, 2.45) is 0 Å². The number of nitrogens with one attached hydrogen (secondary N) is 2. The first kappa shape index (κ1) is 21.9. The van der Waals surface area contributed by atoms with E-state index in [0.29, 0.717) is 29.4 Å². The number of hydrogen-bond acceptors (Lipinski definition) is 9. The SMILES string of the molecule is CNC(=O)[C@H]1O[C@@H](n2cnc3c(NCc4ccccn4)nc(-c4cncc(C)c4)nc32)C[C@@H]1O. The van der Waals surface area contributed by atoms with Crippen molar-refractivity contribution in [3.8, 4) is 11.4 Å². The molecular formula is C23H24N8O3. The molecule has 4 aromatic heterocycles. The molecule has 1 amide bonds. The smallest absolute Gasteiger partial charge is 0.251 e. The molecule has 174 valence electrons. The molecule has 0 spiro atoms. The number of pyridine rings is 2. The van der Waals surface area contributed by atoms with Crippen molar-refractivity contribution in [1.82, 2.24) is 34.8 Å². The number of aliphatic hydroxyl groups excluding tert-OH is 1. The van der Waals surface area contributed by atoms with Gasteiger partial charge >= 0.3 is 0 Å². The van der Waals surface area contributed by atoms with Gasteiger partial charge in [0.1, 0.15) is 6.23 Å². The van der Waals surface area contributed by atoms with E-state index in [-0.39, 0.29) is 12.3 Å². The highest BCUT2D eigenvalue weighted by Crippen LogP contribution is 2.33. The van der Waals surface area contributed by atoms with Crippen LogP contribution in [0.4, 0.5) is 5.82 Å². The largest absolute Gasteiger partial charge is 0.390 e. The van der Waals surface area contributed by atoms with Crippen molar-refractivity contribution in [2.75, 3.05) is 12.4 Å². The molecule has 5 rings (SSSR count). The molecule has 1 fully saturated rings. The fraction of sp³-hybridized carbons (Fsp3) is 0.304. The summed E-state index contributed by atoms with van der Waals surface area (Å²) in [5, 5.41) is 16.2. The maximum Gasteiger partial charge on any atom is 0.251 e. The van der Waals surface area contributed by atoms with E-state index in [9.17, 15) is 9.90 Å². The van der Waals surface area contributed by atoms with Crippen LogP contribution in [-0.2, 0) is 16.1 Å². The molecule has 1 aliphatic rings. The van der Waals surface area contributed by atoms with Gasteiger partial charge in [-0.15, -0.1) is 0 Å². The minimum atomic E-state index is -0.962. The molecule has 1 saturated heterocycles. The van der Waals surface area contributed by atoms with Crippen LogP contribution in [0.3, 0.4) is 0 Å². The first-order valence-corrected chi connectivity index (χ1v) is 10.9. The third-order valence-corrected chi connectivity index (χ3v) is 5.63. The van der Waals surface area contributed by atoms with E-state index in [1.54, 1.807) is 29.5 Å². The van der Waals surface area contributed by atoms with Gasteiger partial charge in [0.2, 0.25) is 0 Å². The third kappa shape index (κ3) is 4.18. The minimum Gasteiger partial charge on any atom is -0.390 e. The number of likely N-dealkylation sites (N-methyl/N-ethyl adjacent to an activating group) is 1. The highest BCUT2D eigenvalue weighted by atomic mass is 16.5. The van der Waals surface area contributed by atoms with Crippen LogP contribution in [0, 0.1) is 6.92 Å². The van der Waals surface area contributed by atoms with E-state index in [2.05, 4.69) is 25.6 Å². The predicted octanol–water partition coefficient (Wildman–Crippen LogP) is 1.60. The first-order valence-electron chi connectivity index (χ1n) is 10.9. The van der Waals surface area contributed by atoms with Crippen LogP contribution in [0.1, 0.15) is 23.9 Å². The second-order valence-corrected chi connectivity index (χ2v) is 8.07. The van der Waals surface area contributed by atoms with Crippen molar-refractivity contribution < 1.29 is 14.6 Å². The van der Waals surface area contributed by atoms with Gasteiger partial charge in [-0.3, -0.25) is 19.3 Å². The molecule has 5 heterocycles. The molecule has 0 saturated carbocycles. The number of imidazole rings is 1. The van der Waals surface area contributed by atoms with Gasteiger partial charge < -0.3 is 20.5 Å². The lowest BCUT2D eigenvalue weighted by Gasteiger charge is -2.15. The zero-order valence-electron chi connectivity index (χ0n) is 18.7. The molecule has 11 heteroatoms. The van der Waals surface area contributed by atoms with Crippen molar-refractivity contribution in [2.45, 2.75) is 38.3 Å². The van der Waals surface area contributed by atoms with E-state index < -0.39 is 18.4 Å². The molecule has 1 aliphatic heterocycles. The highest BCUT2D eigenvalue weighted by molar-refractivity contribution is 5.85. The topological polar surface area (TPSA) is 140 Å². The summed E-state index contributed by atoms with van der Waals surface area (Å²) >= 11 is 0. The second-order valence-electron chi connectivity index (χ2n) is 8.07. The van der Waals surface area contributed by atoms with Gasteiger partial charge in [-0.2, -0.15) is 0 Å². The molecule has 3 N–H and O–H groups in total. The highest BCUT2D eigenvalue weighted by Gasteiger charge is 2.40. The molecule has 0 radical (unpaired) electrons. The molecule has 0 unspecified atom stereocenters. The van der Waals surface area contributed by atoms with Crippen molar-refractivity contribution in [3.63, 3.8) is 0 Å². The number of hydrogen-bond donors (Lipinski definition) is 3. The average Bonchev–Trinajstić information content (AvgIpc) is 3.46. The monoisotopic (exact) mass is 460 g/mol. The molecule has 0 aliphatic carbocycles. The maximum atomic E-state index is 12.1. The van der Waals surface area contributed by atoms with E-state index in [1.165, 1.54) is 7.05 Å². The predicted molar refractivity (Wildman–Crippen MR) is 123 cm³/mol. The molecule has 0 bridgehead atoms. The van der Waals surface area contributed by atoms with E-state index >= 15 is 0 Å². The van der Waals surface area contributed by atoms with Crippen LogP contribution in [0.25, 0.3) is 22.6 Å². The summed E-state index contributed by atoms with van der Waals surface area (Å²) in [6, 6.07) is 7.65. The van der Waals surface area contributed by atoms with Gasteiger partial charge in [-0.25, -0.2) is 15.0 Å². The fourth-order valence-corrected chi connectivity index (χ4v) is 3.94. The molecule has 3 atom stereocenters. The average molecular weight is 460 g/mol. The summed E-state index contributed by atoms with van der Waals surface area (Å²) in [4.78, 5) is 34.7. The Bertz CT molecular complexity index is 1330. The molecule has 34 heavy (non-hydrogen) atoms. The number of nitrogens with zero attached hydrogens (tertiary/aromatic N) is 6. The number of amides is 1. The summed E-state index contributed by atoms with van der Waals surface area (Å²) in [6.45, 7) is 2.40. The zero-order valence-corrected chi connectivity index (χ0v) is 18.7. The van der Waals surface area contributed by atoms with Crippen LogP contribution in [-0.4, -0.2) is 59.8 Å². The third-order valence-electron chi connectivity index (χ3n) is 5.63. The van der Waals surface area contributed by atoms with Crippen molar-refractivity contribution in [3.05, 3.63) is 60.4 Å². The van der Waals surface area contributed by atoms with E-state index in [4.69, 9.17) is 14.7 Å². The number of carbonyl (C=O) groups excluding carboxylic acids is 1.